The van der Waals surface area contributed by atoms with Crippen molar-refractivity contribution >= 4 is 91.7 Å². The lowest BCUT2D eigenvalue weighted by Gasteiger charge is -2.37. The van der Waals surface area contributed by atoms with E-state index in [2.05, 4.69) is 51.2 Å². The number of sulfonamides is 1. The van der Waals surface area contributed by atoms with E-state index >= 15 is 0 Å². The molecular weight excluding hydrogens is 1210 g/mol. The highest BCUT2D eigenvalue weighted by molar-refractivity contribution is 9.10. The van der Waals surface area contributed by atoms with E-state index in [-0.39, 0.29) is 42.2 Å². The monoisotopic (exact) mass is 1270 g/mol. The van der Waals surface area contributed by atoms with Crippen molar-refractivity contribution in [2.75, 3.05) is 23.8 Å². The van der Waals surface area contributed by atoms with Gasteiger partial charge in [-0.1, -0.05) is 42.5 Å². The maximum atomic E-state index is 13.5. The molecule has 0 radical (unpaired) electrons. The van der Waals surface area contributed by atoms with E-state index in [9.17, 15) is 34.0 Å². The Kier molecular flexibility index (Phi) is 17.1. The summed E-state index contributed by atoms with van der Waals surface area (Å²) in [4.78, 5) is 0. The predicted octanol–water partition coefficient (Wildman–Crippen LogP) is 11.0. The number of nitrogens with zero attached hydrogens (tertiary/aromatic N) is 9. The molecule has 80 heavy (non-hydrogen) atoms. The quantitative estimate of drug-likeness (QED) is 0.0841. The number of ether oxygens (including phenoxy) is 3. The Balaban J connectivity index is 0.000000136. The third-order valence-corrected chi connectivity index (χ3v) is 20.0. The van der Waals surface area contributed by atoms with E-state index in [1.807, 2.05) is 31.5 Å². The summed E-state index contributed by atoms with van der Waals surface area (Å²) in [5.74, 6) is 1.17. The van der Waals surface area contributed by atoms with Crippen molar-refractivity contribution in [3.63, 3.8) is 0 Å². The van der Waals surface area contributed by atoms with Crippen molar-refractivity contribution in [2.24, 2.45) is 5.92 Å². The number of rotatable bonds is 18. The number of aromatic nitrogens is 9. The number of alkyl halides is 2. The lowest BCUT2D eigenvalue weighted by atomic mass is 9.84. The maximum absolute atomic E-state index is 13.5. The minimum absolute atomic E-state index is 0.0922. The van der Waals surface area contributed by atoms with Crippen LogP contribution in [0, 0.1) is 5.92 Å². The molecule has 1 aromatic carbocycles. The molecular formula is C53H63BrCl2F2N10O9S3. The summed E-state index contributed by atoms with van der Waals surface area (Å²) in [6.45, 7) is 3.27. The summed E-state index contributed by atoms with van der Waals surface area (Å²) in [7, 11) is -9.78. The van der Waals surface area contributed by atoms with E-state index in [0.717, 1.165) is 90.1 Å². The van der Waals surface area contributed by atoms with E-state index in [1.165, 1.54) is 32.1 Å². The first-order chi connectivity index (χ1) is 37.9. The number of anilines is 1. The fourth-order valence-corrected chi connectivity index (χ4v) is 13.5. The Bertz CT molecular complexity index is 3760. The van der Waals surface area contributed by atoms with Crippen molar-refractivity contribution in [3.8, 4) is 11.5 Å². The number of nitrogens with one attached hydrogen (secondary N) is 1. The van der Waals surface area contributed by atoms with Crippen LogP contribution in [0.3, 0.4) is 0 Å². The number of sulfone groups is 2. The smallest absolute Gasteiger partial charge is 0.248 e. The average molecular weight is 1270 g/mol. The van der Waals surface area contributed by atoms with Crippen LogP contribution in [0.25, 0.3) is 16.9 Å². The zero-order chi connectivity index (χ0) is 56.8. The van der Waals surface area contributed by atoms with Crippen molar-refractivity contribution in [1.29, 1.82) is 0 Å². The molecule has 19 nitrogen and oxygen atoms in total. The van der Waals surface area contributed by atoms with Gasteiger partial charge in [-0.25, -0.2) is 34.0 Å². The van der Waals surface area contributed by atoms with Gasteiger partial charge in [-0.3, -0.25) is 17.9 Å². The second kappa shape index (κ2) is 23.5. The van der Waals surface area contributed by atoms with Crippen LogP contribution in [-0.2, 0) is 59.2 Å². The summed E-state index contributed by atoms with van der Waals surface area (Å²) in [6, 6.07) is 10.6. The molecule has 5 aliphatic rings. The van der Waals surface area contributed by atoms with Crippen molar-refractivity contribution in [1.82, 2.24) is 43.8 Å². The van der Waals surface area contributed by atoms with E-state index < -0.39 is 41.2 Å². The van der Waals surface area contributed by atoms with Gasteiger partial charge in [0, 0.05) is 65.4 Å². The minimum Gasteiger partial charge on any atom is -0.493 e. The summed E-state index contributed by atoms with van der Waals surface area (Å²) in [6.07, 6.45) is 20.6. The molecule has 0 atom stereocenters. The highest BCUT2D eigenvalue weighted by atomic mass is 79.9. The van der Waals surface area contributed by atoms with Gasteiger partial charge in [0.05, 0.1) is 40.4 Å². The van der Waals surface area contributed by atoms with Gasteiger partial charge in [0.1, 0.15) is 29.6 Å². The summed E-state index contributed by atoms with van der Waals surface area (Å²) in [5.41, 5.74) is 5.25. The van der Waals surface area contributed by atoms with Crippen LogP contribution in [0.1, 0.15) is 149 Å². The second-order valence-corrected chi connectivity index (χ2v) is 30.0. The molecule has 5 aliphatic carbocycles. The third-order valence-electron chi connectivity index (χ3n) is 15.1. The van der Waals surface area contributed by atoms with E-state index in [4.69, 9.17) is 37.4 Å². The highest BCUT2D eigenvalue weighted by Gasteiger charge is 2.42. The molecule has 0 amide bonds. The van der Waals surface area contributed by atoms with E-state index in [1.54, 1.807) is 43.7 Å². The van der Waals surface area contributed by atoms with Crippen LogP contribution in [-0.4, -0.2) is 105 Å². The molecule has 1 N–H and O–H groups in total. The number of benzene rings is 1. The topological polar surface area (TPSA) is 233 Å². The van der Waals surface area contributed by atoms with Gasteiger partial charge < -0.3 is 14.2 Å². The number of pyridine rings is 3. The first kappa shape index (κ1) is 58.4. The molecule has 0 unspecified atom stereocenters. The maximum Gasteiger partial charge on any atom is 0.248 e. The van der Waals surface area contributed by atoms with Crippen LogP contribution in [0.2, 0.25) is 10.0 Å². The van der Waals surface area contributed by atoms with Crippen molar-refractivity contribution in [2.45, 2.75) is 157 Å². The van der Waals surface area contributed by atoms with Crippen LogP contribution >= 0.6 is 39.1 Å². The molecule has 0 aliphatic heterocycles. The summed E-state index contributed by atoms with van der Waals surface area (Å²) < 4.78 is 124. The third kappa shape index (κ3) is 15.1. The zero-order valence-electron chi connectivity index (χ0n) is 44.5. The lowest BCUT2D eigenvalue weighted by Crippen LogP contribution is -2.38. The summed E-state index contributed by atoms with van der Waals surface area (Å²) >= 11 is 15.3. The summed E-state index contributed by atoms with van der Waals surface area (Å²) in [5, 5.41) is 25.0. The molecule has 0 spiro atoms. The Morgan fingerprint density at radius 2 is 1.26 bits per heavy atom. The minimum atomic E-state index is -3.40. The predicted molar refractivity (Wildman–Crippen MR) is 303 cm³/mol. The van der Waals surface area contributed by atoms with Crippen molar-refractivity contribution < 1.29 is 48.2 Å². The number of hydrogen-bond acceptors (Lipinski definition) is 15. The Hall–Kier alpha value is -4.79. The van der Waals surface area contributed by atoms with Crippen LogP contribution in [0.15, 0.2) is 59.5 Å². The first-order valence-electron chi connectivity index (χ1n) is 26.7. The molecule has 7 aromatic rings. The van der Waals surface area contributed by atoms with E-state index in [0.29, 0.717) is 81.6 Å². The van der Waals surface area contributed by atoms with Gasteiger partial charge in [0.15, 0.2) is 48.3 Å². The van der Waals surface area contributed by atoms with Crippen molar-refractivity contribution in [3.05, 3.63) is 103 Å². The Morgan fingerprint density at radius 3 is 1.89 bits per heavy atom. The Morgan fingerprint density at radius 1 is 0.662 bits per heavy atom. The van der Waals surface area contributed by atoms with Gasteiger partial charge >= 0.3 is 0 Å². The zero-order valence-corrected chi connectivity index (χ0v) is 50.0. The number of hydrogen-bond donors (Lipinski definition) is 1. The second-order valence-electron chi connectivity index (χ2n) is 22.2. The van der Waals surface area contributed by atoms with Gasteiger partial charge in [0.2, 0.25) is 21.9 Å². The average Bonchev–Trinajstić information content (AvgIpc) is 4.38. The number of halogens is 5. The highest BCUT2D eigenvalue weighted by Crippen LogP contribution is 2.46. The van der Waals surface area contributed by atoms with Crippen LogP contribution < -0.4 is 14.2 Å². The van der Waals surface area contributed by atoms with Gasteiger partial charge in [-0.05, 0) is 140 Å². The first-order valence-corrected chi connectivity index (χ1v) is 33.9. The molecule has 5 saturated carbocycles. The molecule has 5 fully saturated rings. The molecule has 12 rings (SSSR count). The van der Waals surface area contributed by atoms with Crippen LogP contribution in [0.4, 0.5) is 14.7 Å². The number of fused-ring (bicyclic) bond motifs is 3. The molecule has 0 bridgehead atoms. The molecule has 6 aromatic heterocycles. The van der Waals surface area contributed by atoms with Gasteiger partial charge in [-0.2, -0.15) is 0 Å². The fourth-order valence-electron chi connectivity index (χ4n) is 10.0. The van der Waals surface area contributed by atoms with Crippen LogP contribution in [0.5, 0.6) is 11.5 Å². The standard InChI is InChI=1S/C21H27F2N3O3S.C17H24N4O3S.C15H12BrCl2N3O3S/c1-20(6-8-21(22,23)9-7-20)29-12-15-10-18-24-25-19(13-30(27,28)16-4-5-16)26(18)11-17(15)14-2-3-14;1-25(22,23)20-17-19-18-16-9-15(14(10-21(16)17)13-7-8-13)24-11-12-5-3-2-4-6-12;1-25(22,23)8-15-20-19-14-4-9(11(16)6-21(14)15)7-24-10-2-3-12(17)13(18)5-10/h10-11,14,16H,2-9,12-13H2,1H3;9-10,12-13H,2-8,11H2,1H3,(H,19,20);2-6H,7-8H2,1H3. The molecule has 27 heteroatoms. The molecule has 6 heterocycles. The molecule has 432 valence electrons. The fraction of sp³-hybridized carbons (Fsp3) is 0.547. The largest absolute Gasteiger partial charge is 0.493 e. The Labute approximate surface area is 481 Å². The van der Waals surface area contributed by atoms with Gasteiger partial charge in [-0.15, -0.1) is 30.6 Å². The normalized spacial score (nSPS) is 18.6. The van der Waals surface area contributed by atoms with Gasteiger partial charge in [0.25, 0.3) is 0 Å². The molecule has 0 saturated heterocycles. The lowest BCUT2D eigenvalue weighted by molar-refractivity contribution is -0.129. The SMILES string of the molecule is CC1(OCc2cc3nnc(CS(=O)(=O)C4CC4)n3cc2C2CC2)CCC(F)(F)CC1.CS(=O)(=O)Cc1nnc2cc(COc3ccc(Cl)c(Cl)c3)c(Br)cn12.CS(=O)(=O)Nc1nnc2cc(OCC3CCCCC3)c(C3CC3)cn12.